The van der Waals surface area contributed by atoms with Crippen LogP contribution in [0.4, 0.5) is 34.1 Å². The lowest BCUT2D eigenvalue weighted by Gasteiger charge is -2.32. The highest BCUT2D eigenvalue weighted by Gasteiger charge is 2.41. The van der Waals surface area contributed by atoms with Crippen LogP contribution in [0.1, 0.15) is 49.9 Å². The van der Waals surface area contributed by atoms with Crippen LogP contribution in [0.15, 0.2) is 361 Å². The molecule has 0 radical (unpaired) electrons. The molecular formula is C102H70N2O2. The first kappa shape index (κ1) is 61.4. The molecule has 0 bridgehead atoms. The van der Waals surface area contributed by atoms with E-state index in [0.717, 1.165) is 133 Å². The molecule has 2 aromatic heterocycles. The van der Waals surface area contributed by atoms with E-state index in [1.165, 1.54) is 77.7 Å². The molecule has 0 aliphatic heterocycles. The highest BCUT2D eigenvalue weighted by atomic mass is 16.3. The average Bonchev–Trinajstić information content (AvgIpc) is 1.57. The van der Waals surface area contributed by atoms with Crippen LogP contribution in [0, 0.1) is 0 Å². The van der Waals surface area contributed by atoms with Crippen LogP contribution >= 0.6 is 0 Å². The third-order valence-corrected chi connectivity index (χ3v) is 23.1. The van der Waals surface area contributed by atoms with Gasteiger partial charge in [-0.1, -0.05) is 276 Å². The smallest absolute Gasteiger partial charge is 0.143 e. The molecule has 0 saturated carbocycles. The van der Waals surface area contributed by atoms with Gasteiger partial charge in [-0.3, -0.25) is 0 Å². The van der Waals surface area contributed by atoms with Crippen molar-refractivity contribution in [3.8, 4) is 77.9 Å². The molecule has 0 N–H and O–H groups in total. The van der Waals surface area contributed by atoms with E-state index in [1.807, 2.05) is 0 Å². The van der Waals surface area contributed by atoms with Crippen LogP contribution in [-0.4, -0.2) is 0 Å². The maximum atomic E-state index is 7.16. The third kappa shape index (κ3) is 9.54. The maximum Gasteiger partial charge on any atom is 0.143 e. The van der Waals surface area contributed by atoms with Crippen molar-refractivity contribution in [1.82, 2.24) is 0 Å². The summed E-state index contributed by atoms with van der Waals surface area (Å²) in [6.45, 7) is 9.59. The zero-order valence-electron chi connectivity index (χ0n) is 59.2. The van der Waals surface area contributed by atoms with Gasteiger partial charge in [-0.15, -0.1) is 0 Å². The molecule has 19 aromatic rings. The minimum atomic E-state index is -0.408. The Labute approximate surface area is 615 Å². The van der Waals surface area contributed by atoms with Crippen molar-refractivity contribution in [2.75, 3.05) is 9.80 Å². The summed E-state index contributed by atoms with van der Waals surface area (Å²) in [6.07, 6.45) is 0. The molecule has 0 saturated heterocycles. The number of fused-ring (bicyclic) bond motifs is 17. The molecule has 21 rings (SSSR count). The first-order chi connectivity index (χ1) is 52.1. The van der Waals surface area contributed by atoms with Gasteiger partial charge in [0.2, 0.25) is 0 Å². The fourth-order valence-electron chi connectivity index (χ4n) is 18.1. The summed E-state index contributed by atoms with van der Waals surface area (Å²) in [5.74, 6) is 0. The van der Waals surface area contributed by atoms with Gasteiger partial charge in [-0.05, 0) is 225 Å². The second kappa shape index (κ2) is 23.6. The molecule has 2 aliphatic rings. The molecule has 0 atom stereocenters. The number of nitrogens with zero attached hydrogens (tertiary/aromatic N) is 2. The number of furan rings is 2. The topological polar surface area (TPSA) is 32.8 Å². The number of hydrogen-bond donors (Lipinski definition) is 0. The van der Waals surface area contributed by atoms with Gasteiger partial charge in [0.1, 0.15) is 22.3 Å². The lowest BCUT2D eigenvalue weighted by atomic mass is 9.80. The number of benzene rings is 17. The molecule has 4 nitrogen and oxygen atoms in total. The van der Waals surface area contributed by atoms with Crippen molar-refractivity contribution in [1.29, 1.82) is 0 Å². The molecule has 0 amide bonds. The van der Waals surface area contributed by atoms with Gasteiger partial charge in [0, 0.05) is 65.9 Å². The van der Waals surface area contributed by atoms with Crippen molar-refractivity contribution in [3.05, 3.63) is 374 Å². The Balaban J connectivity index is 0.655. The van der Waals surface area contributed by atoms with E-state index < -0.39 is 5.41 Å². The summed E-state index contributed by atoms with van der Waals surface area (Å²) >= 11 is 0. The minimum absolute atomic E-state index is 0.247. The largest absolute Gasteiger partial charge is 0.455 e. The Kier molecular flexibility index (Phi) is 13.7. The summed E-state index contributed by atoms with van der Waals surface area (Å²) in [4.78, 5) is 4.97. The Morgan fingerprint density at radius 2 is 0.642 bits per heavy atom. The molecule has 17 aromatic carbocycles. The van der Waals surface area contributed by atoms with E-state index >= 15 is 0 Å². The predicted octanol–water partition coefficient (Wildman–Crippen LogP) is 28.8. The van der Waals surface area contributed by atoms with Crippen LogP contribution in [0.2, 0.25) is 0 Å². The van der Waals surface area contributed by atoms with Crippen LogP contribution in [0.25, 0.3) is 154 Å². The van der Waals surface area contributed by atoms with Gasteiger partial charge in [-0.2, -0.15) is 0 Å². The normalized spacial score (nSPS) is 13.2. The third-order valence-electron chi connectivity index (χ3n) is 23.1. The fraction of sp³-hybridized carbons (Fsp3) is 0.0588. The summed E-state index contributed by atoms with van der Waals surface area (Å²) in [7, 11) is 0. The van der Waals surface area contributed by atoms with Crippen molar-refractivity contribution in [2.45, 2.75) is 38.5 Å². The van der Waals surface area contributed by atoms with Crippen molar-refractivity contribution < 1.29 is 8.83 Å². The Bertz CT molecular complexity index is 6850. The SMILES string of the molecule is CC1(C)c2ccccc2-c2cccc(N(c3ccc(-c4ccc5ccccc5c4)cc3)c3cccc(-c4cccc5oc6c7cc(-c8ccc9c(c8)C(C)(C)c8c-9cccc8N(c8cccc(-c9ccccc9)c8)c8cccc(-c9cccc%10oc%11c%12ccccc%12ccc%11c9%10)c8)ccc7ccc6c45)c3)c21. The Morgan fingerprint density at radius 3 is 1.30 bits per heavy atom. The van der Waals surface area contributed by atoms with Gasteiger partial charge in [-0.25, -0.2) is 0 Å². The fourth-order valence-corrected chi connectivity index (χ4v) is 18.1. The summed E-state index contributed by atoms with van der Waals surface area (Å²) < 4.78 is 13.9. The molecule has 0 unspecified atom stereocenters. The lowest BCUT2D eigenvalue weighted by molar-refractivity contribution is 0.660. The molecule has 0 spiro atoms. The first-order valence-electron chi connectivity index (χ1n) is 36.8. The van der Waals surface area contributed by atoms with E-state index in [9.17, 15) is 0 Å². The molecule has 500 valence electrons. The van der Waals surface area contributed by atoms with E-state index in [1.54, 1.807) is 0 Å². The zero-order chi connectivity index (χ0) is 70.5. The number of hydrogen-bond acceptors (Lipinski definition) is 4. The van der Waals surface area contributed by atoms with E-state index in [-0.39, 0.29) is 5.41 Å². The van der Waals surface area contributed by atoms with E-state index in [2.05, 4.69) is 389 Å². The molecule has 106 heavy (non-hydrogen) atoms. The summed E-state index contributed by atoms with van der Waals surface area (Å²) in [5, 5.41) is 11.4. The molecule has 2 heterocycles. The standard InChI is InChI=1S/C102H70N2O2/c1-101(2)89-38-13-12-33-82(89)84-36-17-39-91(97(84)101)103(75-52-47-65(48-53-75)70-45-43-64-23-8-9-25-68(64)57-70)77-30-15-27-73(59-77)80-35-20-42-94-96(80)87-56-50-67-44-46-71(61-88(67)100(87)106-94)72-51-54-83-85-37-18-40-92(98(85)102(3,4)90(83)62-72)104(76-29-14-26-69(58-76)63-21-6-5-7-22-63)78-31-16-28-74(60-78)79-34-19-41-93-95(79)86-55-49-66-24-10-11-32-81(66)99(86)105-93/h5-62H,1-4H3. The number of anilines is 6. The molecule has 0 fully saturated rings. The predicted molar refractivity (Wildman–Crippen MR) is 445 cm³/mol. The summed E-state index contributed by atoms with van der Waals surface area (Å²) in [6, 6.07) is 130. The Hall–Kier alpha value is -13.3. The monoisotopic (exact) mass is 1350 g/mol. The molecule has 2 aliphatic carbocycles. The van der Waals surface area contributed by atoms with Crippen molar-refractivity contribution >= 4 is 110 Å². The van der Waals surface area contributed by atoms with Crippen molar-refractivity contribution in [3.63, 3.8) is 0 Å². The maximum absolute atomic E-state index is 7.16. The highest BCUT2D eigenvalue weighted by Crippen LogP contribution is 2.58. The number of rotatable bonds is 11. The summed E-state index contributed by atoms with van der Waals surface area (Å²) in [5.41, 5.74) is 31.3. The first-order valence-corrected chi connectivity index (χ1v) is 36.8. The van der Waals surface area contributed by atoms with Gasteiger partial charge in [0.25, 0.3) is 0 Å². The zero-order valence-corrected chi connectivity index (χ0v) is 59.2. The van der Waals surface area contributed by atoms with Gasteiger partial charge in [0.15, 0.2) is 0 Å². The second-order valence-corrected chi connectivity index (χ2v) is 29.9. The van der Waals surface area contributed by atoms with Crippen LogP contribution in [-0.2, 0) is 10.8 Å². The minimum Gasteiger partial charge on any atom is -0.455 e. The molecule has 4 heteroatoms. The van der Waals surface area contributed by atoms with Crippen molar-refractivity contribution in [2.24, 2.45) is 0 Å². The van der Waals surface area contributed by atoms with E-state index in [4.69, 9.17) is 8.83 Å². The van der Waals surface area contributed by atoms with Crippen LogP contribution in [0.3, 0.4) is 0 Å². The van der Waals surface area contributed by atoms with Gasteiger partial charge >= 0.3 is 0 Å². The van der Waals surface area contributed by atoms with E-state index in [0.29, 0.717) is 0 Å². The quantitative estimate of drug-likeness (QED) is 0.129. The molecular weight excluding hydrogens is 1290 g/mol. The Morgan fingerprint density at radius 1 is 0.226 bits per heavy atom. The second-order valence-electron chi connectivity index (χ2n) is 29.9. The average molecular weight is 1360 g/mol. The van der Waals surface area contributed by atoms with Crippen LogP contribution in [0.5, 0.6) is 0 Å². The van der Waals surface area contributed by atoms with Gasteiger partial charge in [0.05, 0.1) is 11.4 Å². The van der Waals surface area contributed by atoms with Gasteiger partial charge < -0.3 is 18.6 Å². The lowest BCUT2D eigenvalue weighted by Crippen LogP contribution is -2.20. The highest BCUT2D eigenvalue weighted by molar-refractivity contribution is 6.21. The van der Waals surface area contributed by atoms with Crippen LogP contribution < -0.4 is 9.80 Å².